The lowest BCUT2D eigenvalue weighted by Gasteiger charge is -2.36. The zero-order valence-corrected chi connectivity index (χ0v) is 25.1. The quantitative estimate of drug-likeness (QED) is 0.369. The highest BCUT2D eigenvalue weighted by atomic mass is 79.9. The molecule has 0 bridgehead atoms. The van der Waals surface area contributed by atoms with Crippen LogP contribution < -0.4 is 11.1 Å². The fourth-order valence-electron chi connectivity index (χ4n) is 5.19. The number of benzene rings is 2. The molecule has 0 saturated carbocycles. The molecule has 4 rings (SSSR count). The predicted octanol–water partition coefficient (Wildman–Crippen LogP) is 5.80. The highest BCUT2D eigenvalue weighted by molar-refractivity contribution is 9.10. The maximum atomic E-state index is 13.9. The molecule has 1 aliphatic rings. The lowest BCUT2D eigenvalue weighted by Crippen LogP contribution is -2.58. The van der Waals surface area contributed by atoms with Crippen molar-refractivity contribution in [3.05, 3.63) is 69.3 Å². The molecule has 1 aliphatic heterocycles. The molecule has 0 fully saturated rings. The van der Waals surface area contributed by atoms with E-state index in [4.69, 9.17) is 15.2 Å². The van der Waals surface area contributed by atoms with Gasteiger partial charge in [0.05, 0.1) is 16.8 Å². The number of nitrogens with two attached hydrogens (primary N) is 1. The second-order valence-electron chi connectivity index (χ2n) is 12.1. The van der Waals surface area contributed by atoms with E-state index in [0.29, 0.717) is 34.1 Å². The van der Waals surface area contributed by atoms with Gasteiger partial charge in [-0.2, -0.15) is 0 Å². The fraction of sp³-hybridized carbons (Fsp3) is 0.433. The molecule has 3 aromatic rings. The molecular formula is C30H36BrN3O5. The van der Waals surface area contributed by atoms with Crippen molar-refractivity contribution < 1.29 is 23.9 Å². The molecule has 0 spiro atoms. The second-order valence-corrected chi connectivity index (χ2v) is 13.0. The van der Waals surface area contributed by atoms with E-state index in [1.54, 1.807) is 59.7 Å². The predicted molar refractivity (Wildman–Crippen MR) is 154 cm³/mol. The van der Waals surface area contributed by atoms with E-state index in [1.807, 2.05) is 31.2 Å². The number of carbonyl (C=O) groups is 3. The summed E-state index contributed by atoms with van der Waals surface area (Å²) in [5.41, 5.74) is 5.16. The number of amides is 1. The maximum Gasteiger partial charge on any atom is 0.419 e. The first kappa shape index (κ1) is 28.8. The topological polar surface area (TPSA) is 113 Å². The van der Waals surface area contributed by atoms with Gasteiger partial charge in [-0.1, -0.05) is 34.1 Å². The van der Waals surface area contributed by atoms with Crippen molar-refractivity contribution in [3.8, 4) is 0 Å². The first-order chi connectivity index (χ1) is 18.0. The molecule has 208 valence electrons. The van der Waals surface area contributed by atoms with Gasteiger partial charge in [-0.15, -0.1) is 0 Å². The number of nitrogens with zero attached hydrogens (tertiary/aromatic N) is 1. The Hall–Kier alpha value is -3.17. The summed E-state index contributed by atoms with van der Waals surface area (Å²) in [6.07, 6.45) is 0.598. The molecule has 1 aromatic heterocycles. The van der Waals surface area contributed by atoms with Crippen molar-refractivity contribution in [2.24, 2.45) is 5.73 Å². The van der Waals surface area contributed by atoms with E-state index >= 15 is 0 Å². The van der Waals surface area contributed by atoms with Crippen molar-refractivity contribution in [1.82, 2.24) is 9.88 Å². The average molecular weight is 599 g/mol. The normalized spacial score (nSPS) is 19.7. The van der Waals surface area contributed by atoms with Gasteiger partial charge in [-0.05, 0) is 91.1 Å². The largest absolute Gasteiger partial charge is 0.456 e. The second kappa shape index (κ2) is 10.1. The van der Waals surface area contributed by atoms with Gasteiger partial charge in [0.1, 0.15) is 11.2 Å². The molecule has 2 heterocycles. The van der Waals surface area contributed by atoms with Crippen LogP contribution in [0.3, 0.4) is 0 Å². The van der Waals surface area contributed by atoms with E-state index < -0.39 is 34.7 Å². The number of aryl methyl sites for hydroxylation is 1. The fourth-order valence-corrected chi connectivity index (χ4v) is 5.55. The monoisotopic (exact) mass is 597 g/mol. The third-order valence-corrected chi connectivity index (χ3v) is 7.07. The zero-order chi connectivity index (χ0) is 28.9. The Morgan fingerprint density at radius 1 is 1.03 bits per heavy atom. The number of primary amides is 1. The molecule has 2 atom stereocenters. The summed E-state index contributed by atoms with van der Waals surface area (Å²) in [6.45, 7) is 12.6. The summed E-state index contributed by atoms with van der Waals surface area (Å²) >= 11 is 3.51. The van der Waals surface area contributed by atoms with Gasteiger partial charge in [0.2, 0.25) is 5.91 Å². The molecule has 1 amide bonds. The van der Waals surface area contributed by atoms with Crippen molar-refractivity contribution in [1.29, 1.82) is 0 Å². The van der Waals surface area contributed by atoms with E-state index in [0.717, 1.165) is 10.9 Å². The summed E-state index contributed by atoms with van der Waals surface area (Å²) in [7, 11) is 0. The van der Waals surface area contributed by atoms with Crippen LogP contribution >= 0.6 is 15.9 Å². The molecule has 39 heavy (non-hydrogen) atoms. The van der Waals surface area contributed by atoms with Crippen molar-refractivity contribution in [3.63, 3.8) is 0 Å². The lowest BCUT2D eigenvalue weighted by molar-refractivity contribution is -0.123. The number of esters is 1. The Balaban J connectivity index is 2.16. The van der Waals surface area contributed by atoms with Crippen LogP contribution in [0.1, 0.15) is 82.1 Å². The van der Waals surface area contributed by atoms with Gasteiger partial charge in [-0.3, -0.25) is 10.1 Å². The van der Waals surface area contributed by atoms with E-state index in [1.165, 1.54) is 4.57 Å². The number of nitrogens with one attached hydrogen (secondary N) is 1. The van der Waals surface area contributed by atoms with Crippen LogP contribution in [0.25, 0.3) is 10.9 Å². The number of carbonyl (C=O) groups excluding carboxylic acids is 3. The Labute approximate surface area is 237 Å². The van der Waals surface area contributed by atoms with Crippen LogP contribution in [-0.4, -0.2) is 39.8 Å². The van der Waals surface area contributed by atoms with Crippen molar-refractivity contribution in [2.45, 2.75) is 84.1 Å². The number of aromatic nitrogens is 1. The smallest absolute Gasteiger partial charge is 0.419 e. The Kier molecular flexibility index (Phi) is 7.46. The van der Waals surface area contributed by atoms with Crippen molar-refractivity contribution in [2.75, 3.05) is 0 Å². The van der Waals surface area contributed by atoms with Crippen LogP contribution in [0.4, 0.5) is 4.79 Å². The summed E-state index contributed by atoms with van der Waals surface area (Å²) in [5, 5.41) is 4.25. The van der Waals surface area contributed by atoms with E-state index in [2.05, 4.69) is 21.2 Å². The third kappa shape index (κ3) is 5.47. The minimum atomic E-state index is -1.77. The molecule has 8 nitrogen and oxygen atoms in total. The Morgan fingerprint density at radius 2 is 1.67 bits per heavy atom. The van der Waals surface area contributed by atoms with Gasteiger partial charge < -0.3 is 15.2 Å². The van der Waals surface area contributed by atoms with Crippen LogP contribution in [0, 0.1) is 0 Å². The molecule has 0 saturated heterocycles. The SMILES string of the molecule is CC1CCc2c(n(C(=O)OC(C)(C)C)c3ccccc23)C(C(N)=O)(c2cc(Br)ccc2C(=O)OC(C)(C)C)N1. The highest BCUT2D eigenvalue weighted by Gasteiger charge is 2.51. The van der Waals surface area contributed by atoms with E-state index in [-0.39, 0.29) is 11.6 Å². The average Bonchev–Trinajstić information content (AvgIpc) is 3.04. The zero-order valence-electron chi connectivity index (χ0n) is 23.5. The molecule has 9 heteroatoms. The third-order valence-electron chi connectivity index (χ3n) is 6.58. The summed E-state index contributed by atoms with van der Waals surface area (Å²) in [4.78, 5) is 41.3. The van der Waals surface area contributed by atoms with Gasteiger partial charge in [0.15, 0.2) is 5.54 Å². The number of fused-ring (bicyclic) bond motifs is 3. The molecular weight excluding hydrogens is 562 g/mol. The number of para-hydroxylation sites is 1. The van der Waals surface area contributed by atoms with Crippen LogP contribution in [0.15, 0.2) is 46.9 Å². The van der Waals surface area contributed by atoms with Crippen LogP contribution in [-0.2, 0) is 26.2 Å². The molecule has 0 aliphatic carbocycles. The molecule has 3 N–H and O–H groups in total. The summed E-state index contributed by atoms with van der Waals surface area (Å²) in [6, 6.07) is 12.3. The number of hydrogen-bond acceptors (Lipinski definition) is 6. The van der Waals surface area contributed by atoms with E-state index in [9.17, 15) is 14.4 Å². The minimum absolute atomic E-state index is 0.167. The highest BCUT2D eigenvalue weighted by Crippen LogP contribution is 2.43. The molecule has 2 unspecified atom stereocenters. The first-order valence-electron chi connectivity index (χ1n) is 13.0. The van der Waals surface area contributed by atoms with Gasteiger partial charge >= 0.3 is 12.1 Å². The lowest BCUT2D eigenvalue weighted by atomic mass is 9.80. The Morgan fingerprint density at radius 3 is 2.28 bits per heavy atom. The first-order valence-corrected chi connectivity index (χ1v) is 13.8. The molecule has 2 aromatic carbocycles. The standard InChI is InChI=1S/C30H36BrN3O5/c1-17-12-14-20-19-10-8-9-11-23(19)34(27(37)39-29(5,6)7)24(20)30(33-17,26(32)36)22-16-18(31)13-15-21(22)25(35)38-28(2,3)4/h8-11,13,15-17,33H,12,14H2,1-7H3,(H2,32,36). The van der Waals surface area contributed by atoms with Gasteiger partial charge in [0.25, 0.3) is 0 Å². The van der Waals surface area contributed by atoms with Crippen LogP contribution in [0.2, 0.25) is 0 Å². The minimum Gasteiger partial charge on any atom is -0.456 e. The number of ether oxygens (including phenoxy) is 2. The van der Waals surface area contributed by atoms with Gasteiger partial charge in [-0.25, -0.2) is 14.2 Å². The van der Waals surface area contributed by atoms with Gasteiger partial charge in [0, 0.05) is 21.5 Å². The number of rotatable bonds is 3. The number of hydrogen-bond donors (Lipinski definition) is 2. The maximum absolute atomic E-state index is 13.9. The van der Waals surface area contributed by atoms with Crippen molar-refractivity contribution >= 4 is 44.8 Å². The Bertz CT molecular complexity index is 1460. The molecule has 0 radical (unpaired) electrons. The summed E-state index contributed by atoms with van der Waals surface area (Å²) < 4.78 is 13.6. The number of halogens is 1. The summed E-state index contributed by atoms with van der Waals surface area (Å²) in [5.74, 6) is -1.36. The van der Waals surface area contributed by atoms with Crippen LogP contribution in [0.5, 0.6) is 0 Å².